The third-order valence-electron chi connectivity index (χ3n) is 6.52. The Morgan fingerprint density at radius 3 is 2.59 bits per heavy atom. The monoisotopic (exact) mass is 454 g/mol. The van der Waals surface area contributed by atoms with E-state index in [1.54, 1.807) is 24.4 Å². The lowest BCUT2D eigenvalue weighted by Crippen LogP contribution is -2.50. The number of nitrogens with zero attached hydrogens (tertiary/aromatic N) is 2. The molecule has 0 fully saturated rings. The van der Waals surface area contributed by atoms with E-state index in [2.05, 4.69) is 44.9 Å². The van der Waals surface area contributed by atoms with Crippen molar-refractivity contribution in [2.45, 2.75) is 77.0 Å². The van der Waals surface area contributed by atoms with Gasteiger partial charge in [0.15, 0.2) is 14.4 Å². The molecule has 2 aromatic rings. The zero-order valence-corrected chi connectivity index (χ0v) is 21.1. The van der Waals surface area contributed by atoms with Gasteiger partial charge in [0.2, 0.25) is 5.88 Å². The molecule has 172 valence electrons. The molecule has 0 amide bonds. The summed E-state index contributed by atoms with van der Waals surface area (Å²) in [5, 5.41) is 20.4. The van der Waals surface area contributed by atoms with E-state index in [0.29, 0.717) is 29.4 Å². The lowest BCUT2D eigenvalue weighted by Gasteiger charge is -2.41. The molecule has 2 heterocycles. The maximum Gasteiger partial charge on any atom is 0.214 e. The molecule has 1 N–H and O–H groups in total. The van der Waals surface area contributed by atoms with Gasteiger partial charge in [-0.3, -0.25) is 0 Å². The standard InChI is InChI=1S/C25H34N2O4Si/c1-24(2,3)32(6,7)29-13-11-17-10-12-27-21(15-17)30-22-19-14-18(16-26)8-9-20(19)31-25(4,5)23(22)28/h8-10,12,14-15,22-23,28H,11,13H2,1-7H3/t22-,23+/m1/s1. The maximum absolute atomic E-state index is 11.0. The number of benzene rings is 1. The van der Waals surface area contributed by atoms with Gasteiger partial charge in [0.1, 0.15) is 17.5 Å². The summed E-state index contributed by atoms with van der Waals surface area (Å²) in [5.74, 6) is 1.02. The van der Waals surface area contributed by atoms with Crippen LogP contribution in [0.2, 0.25) is 18.1 Å². The van der Waals surface area contributed by atoms with Crippen molar-refractivity contribution in [3.8, 4) is 17.7 Å². The fraction of sp³-hybridized carbons (Fsp3) is 0.520. The highest BCUT2D eigenvalue weighted by atomic mass is 28.4. The third-order valence-corrected chi connectivity index (χ3v) is 11.1. The summed E-state index contributed by atoms with van der Waals surface area (Å²) >= 11 is 0. The van der Waals surface area contributed by atoms with Crippen molar-refractivity contribution in [1.29, 1.82) is 5.26 Å². The Bertz CT molecular complexity index is 1010. The molecule has 7 heteroatoms. The highest BCUT2D eigenvalue weighted by Gasteiger charge is 2.44. The normalized spacial score (nSPS) is 20.1. The van der Waals surface area contributed by atoms with Crippen LogP contribution in [0.4, 0.5) is 0 Å². The van der Waals surface area contributed by atoms with Crippen LogP contribution >= 0.6 is 0 Å². The molecule has 0 radical (unpaired) electrons. The van der Waals surface area contributed by atoms with Crippen molar-refractivity contribution in [2.75, 3.05) is 6.61 Å². The smallest absolute Gasteiger partial charge is 0.214 e. The first-order valence-electron chi connectivity index (χ1n) is 11.0. The van der Waals surface area contributed by atoms with E-state index in [9.17, 15) is 10.4 Å². The molecular weight excluding hydrogens is 420 g/mol. The number of aliphatic hydroxyl groups is 1. The first kappa shape index (κ1) is 24.2. The van der Waals surface area contributed by atoms with Gasteiger partial charge in [0.05, 0.1) is 11.6 Å². The molecule has 0 bridgehead atoms. The van der Waals surface area contributed by atoms with Gasteiger partial charge in [-0.1, -0.05) is 20.8 Å². The second-order valence-electron chi connectivity index (χ2n) is 10.4. The predicted molar refractivity (Wildman–Crippen MR) is 126 cm³/mol. The van der Waals surface area contributed by atoms with Gasteiger partial charge < -0.3 is 19.0 Å². The molecule has 32 heavy (non-hydrogen) atoms. The zero-order chi connectivity index (χ0) is 23.7. The summed E-state index contributed by atoms with van der Waals surface area (Å²) in [6.45, 7) is 15.5. The molecule has 0 aliphatic carbocycles. The Hall–Kier alpha value is -2.40. The van der Waals surface area contributed by atoms with E-state index in [-0.39, 0.29) is 5.04 Å². The fourth-order valence-corrected chi connectivity index (χ4v) is 4.43. The van der Waals surface area contributed by atoms with Gasteiger partial charge in [-0.2, -0.15) is 5.26 Å². The Morgan fingerprint density at radius 2 is 1.94 bits per heavy atom. The van der Waals surface area contributed by atoms with E-state index in [1.165, 1.54) is 0 Å². The van der Waals surface area contributed by atoms with Gasteiger partial charge in [-0.05, 0) is 68.2 Å². The summed E-state index contributed by atoms with van der Waals surface area (Å²) in [5.41, 5.74) is 1.34. The first-order valence-corrected chi connectivity index (χ1v) is 13.9. The minimum Gasteiger partial charge on any atom is -0.485 e. The minimum atomic E-state index is -1.80. The lowest BCUT2D eigenvalue weighted by molar-refractivity contribution is -0.104. The zero-order valence-electron chi connectivity index (χ0n) is 20.1. The van der Waals surface area contributed by atoms with Crippen molar-refractivity contribution in [2.24, 2.45) is 0 Å². The highest BCUT2D eigenvalue weighted by molar-refractivity contribution is 6.74. The molecule has 0 spiro atoms. The predicted octanol–water partition coefficient (Wildman–Crippen LogP) is 5.17. The SMILES string of the molecule is CC1(C)Oc2ccc(C#N)cc2[C@@H](Oc2cc(CCO[Si](C)(C)C(C)(C)C)ccn2)[C@@H]1O. The molecule has 0 saturated carbocycles. The molecule has 0 unspecified atom stereocenters. The van der Waals surface area contributed by atoms with Crippen LogP contribution in [0, 0.1) is 11.3 Å². The topological polar surface area (TPSA) is 84.6 Å². The van der Waals surface area contributed by atoms with Gasteiger partial charge >= 0.3 is 0 Å². The molecule has 0 saturated heterocycles. The van der Waals surface area contributed by atoms with Crippen molar-refractivity contribution >= 4 is 8.32 Å². The molecule has 1 aliphatic rings. The average molecular weight is 455 g/mol. The van der Waals surface area contributed by atoms with Crippen LogP contribution in [0.25, 0.3) is 0 Å². The van der Waals surface area contributed by atoms with Crippen LogP contribution in [-0.4, -0.2) is 36.7 Å². The Kier molecular flexibility index (Phi) is 6.71. The van der Waals surface area contributed by atoms with Crippen LogP contribution in [0.5, 0.6) is 11.6 Å². The lowest BCUT2D eigenvalue weighted by atomic mass is 9.87. The van der Waals surface area contributed by atoms with Crippen LogP contribution in [0.3, 0.4) is 0 Å². The largest absolute Gasteiger partial charge is 0.485 e. The molecule has 1 aromatic carbocycles. The van der Waals surface area contributed by atoms with Crippen LogP contribution < -0.4 is 9.47 Å². The number of rotatable bonds is 6. The number of aliphatic hydroxyl groups excluding tert-OH is 1. The van der Waals surface area contributed by atoms with E-state index in [1.807, 2.05) is 26.0 Å². The van der Waals surface area contributed by atoms with Crippen LogP contribution in [0.1, 0.15) is 57.4 Å². The number of hydrogen-bond acceptors (Lipinski definition) is 6. The van der Waals surface area contributed by atoms with E-state index in [4.69, 9.17) is 13.9 Å². The molecule has 2 atom stereocenters. The van der Waals surface area contributed by atoms with Gasteiger partial charge in [0, 0.05) is 24.4 Å². The van der Waals surface area contributed by atoms with Gasteiger partial charge in [0.25, 0.3) is 0 Å². The number of fused-ring (bicyclic) bond motifs is 1. The van der Waals surface area contributed by atoms with Crippen molar-refractivity contribution in [3.63, 3.8) is 0 Å². The third kappa shape index (κ3) is 5.15. The quantitative estimate of drug-likeness (QED) is 0.606. The van der Waals surface area contributed by atoms with Crippen molar-refractivity contribution < 1.29 is 19.0 Å². The second kappa shape index (κ2) is 8.85. The number of aromatic nitrogens is 1. The summed E-state index contributed by atoms with van der Waals surface area (Å²) in [6, 6.07) is 11.1. The van der Waals surface area contributed by atoms with Crippen molar-refractivity contribution in [3.05, 3.63) is 53.2 Å². The minimum absolute atomic E-state index is 0.168. The van der Waals surface area contributed by atoms with E-state index >= 15 is 0 Å². The molecule has 1 aromatic heterocycles. The van der Waals surface area contributed by atoms with Crippen LogP contribution in [-0.2, 0) is 10.8 Å². The molecular formula is C25H34N2O4Si. The maximum atomic E-state index is 11.0. The number of pyridine rings is 1. The molecule has 3 rings (SSSR count). The van der Waals surface area contributed by atoms with E-state index < -0.39 is 26.1 Å². The summed E-state index contributed by atoms with van der Waals surface area (Å²) < 4.78 is 18.4. The molecule has 6 nitrogen and oxygen atoms in total. The summed E-state index contributed by atoms with van der Waals surface area (Å²) in [7, 11) is -1.80. The highest BCUT2D eigenvalue weighted by Crippen LogP contribution is 2.42. The Morgan fingerprint density at radius 1 is 1.22 bits per heavy atom. The Balaban J connectivity index is 1.78. The van der Waals surface area contributed by atoms with Crippen molar-refractivity contribution in [1.82, 2.24) is 4.98 Å². The van der Waals surface area contributed by atoms with Crippen LogP contribution in [0.15, 0.2) is 36.5 Å². The van der Waals surface area contributed by atoms with Gasteiger partial charge in [-0.25, -0.2) is 4.98 Å². The number of ether oxygens (including phenoxy) is 2. The van der Waals surface area contributed by atoms with E-state index in [0.717, 1.165) is 12.0 Å². The number of hydrogen-bond donors (Lipinski definition) is 1. The summed E-state index contributed by atoms with van der Waals surface area (Å²) in [4.78, 5) is 4.36. The Labute approximate surface area is 192 Å². The second-order valence-corrected chi connectivity index (χ2v) is 15.2. The molecule has 1 aliphatic heterocycles. The average Bonchev–Trinajstić information content (AvgIpc) is 2.70. The number of nitriles is 1. The van der Waals surface area contributed by atoms with Gasteiger partial charge in [-0.15, -0.1) is 0 Å². The first-order chi connectivity index (χ1) is 14.8. The fourth-order valence-electron chi connectivity index (χ4n) is 3.38. The summed E-state index contributed by atoms with van der Waals surface area (Å²) in [6.07, 6.45) is 0.827.